The van der Waals surface area contributed by atoms with Crippen LogP contribution < -0.4 is 5.43 Å². The van der Waals surface area contributed by atoms with E-state index in [0.717, 1.165) is 10.1 Å². The van der Waals surface area contributed by atoms with Crippen LogP contribution in [0.3, 0.4) is 0 Å². The molecule has 2 nitrogen and oxygen atoms in total. The van der Waals surface area contributed by atoms with Gasteiger partial charge in [-0.3, -0.25) is 5.43 Å². The van der Waals surface area contributed by atoms with Crippen molar-refractivity contribution < 1.29 is 0 Å². The van der Waals surface area contributed by atoms with Gasteiger partial charge in [0.25, 0.3) is 0 Å². The van der Waals surface area contributed by atoms with Crippen molar-refractivity contribution in [1.29, 1.82) is 0 Å². The van der Waals surface area contributed by atoms with Gasteiger partial charge in [-0.1, -0.05) is 32.2 Å². The van der Waals surface area contributed by atoms with Gasteiger partial charge in [-0.2, -0.15) is 5.10 Å². The van der Waals surface area contributed by atoms with Crippen LogP contribution in [0.2, 0.25) is 0 Å². The standard InChI is InChI=1S/C6H10N2S/c1-4(2)6-8-7-5(3)9-6/h4,7H,3H2,1-2H3. The Morgan fingerprint density at radius 2 is 2.33 bits per heavy atom. The molecule has 1 aliphatic rings. The van der Waals surface area contributed by atoms with Gasteiger partial charge in [0.05, 0.1) is 5.03 Å². The molecule has 9 heavy (non-hydrogen) atoms. The van der Waals surface area contributed by atoms with Gasteiger partial charge in [-0.05, 0) is 0 Å². The Balaban J connectivity index is 2.55. The smallest absolute Gasteiger partial charge is 0.102 e. The quantitative estimate of drug-likeness (QED) is 0.603. The maximum Gasteiger partial charge on any atom is 0.102 e. The molecule has 0 aromatic rings. The Morgan fingerprint density at radius 3 is 2.56 bits per heavy atom. The van der Waals surface area contributed by atoms with Gasteiger partial charge in [0.1, 0.15) is 5.04 Å². The number of thioether (sulfide) groups is 1. The molecule has 0 radical (unpaired) electrons. The topological polar surface area (TPSA) is 24.4 Å². The van der Waals surface area contributed by atoms with Crippen molar-refractivity contribution in [2.75, 3.05) is 0 Å². The average Bonchev–Trinajstić information content (AvgIpc) is 2.14. The van der Waals surface area contributed by atoms with Gasteiger partial charge in [-0.15, -0.1) is 0 Å². The van der Waals surface area contributed by atoms with Crippen LogP contribution in [0, 0.1) is 5.92 Å². The minimum absolute atomic E-state index is 0.516. The van der Waals surface area contributed by atoms with E-state index in [1.54, 1.807) is 11.8 Å². The van der Waals surface area contributed by atoms with Crippen LogP contribution in [0.1, 0.15) is 13.8 Å². The molecule has 1 heterocycles. The van der Waals surface area contributed by atoms with Crippen molar-refractivity contribution in [3.63, 3.8) is 0 Å². The van der Waals surface area contributed by atoms with E-state index in [0.29, 0.717) is 5.92 Å². The maximum absolute atomic E-state index is 4.05. The van der Waals surface area contributed by atoms with Crippen LogP contribution >= 0.6 is 11.8 Å². The lowest BCUT2D eigenvalue weighted by atomic mass is 10.2. The van der Waals surface area contributed by atoms with Crippen molar-refractivity contribution in [3.8, 4) is 0 Å². The first-order valence-electron chi connectivity index (χ1n) is 2.90. The number of hydrogen-bond donors (Lipinski definition) is 1. The number of rotatable bonds is 1. The first-order chi connectivity index (χ1) is 4.20. The molecule has 0 aromatic carbocycles. The predicted molar refractivity (Wildman–Crippen MR) is 42.1 cm³/mol. The first-order valence-corrected chi connectivity index (χ1v) is 3.72. The largest absolute Gasteiger partial charge is 0.271 e. The zero-order valence-corrected chi connectivity index (χ0v) is 6.46. The minimum Gasteiger partial charge on any atom is -0.271 e. The van der Waals surface area contributed by atoms with Crippen LogP contribution in [0.5, 0.6) is 0 Å². The van der Waals surface area contributed by atoms with Crippen molar-refractivity contribution in [2.24, 2.45) is 11.0 Å². The summed E-state index contributed by atoms with van der Waals surface area (Å²) in [5.74, 6) is 0.516. The summed E-state index contributed by atoms with van der Waals surface area (Å²) in [7, 11) is 0. The highest BCUT2D eigenvalue weighted by Gasteiger charge is 2.13. The van der Waals surface area contributed by atoms with Gasteiger partial charge in [-0.25, -0.2) is 0 Å². The number of nitrogens with one attached hydrogen (secondary N) is 1. The summed E-state index contributed by atoms with van der Waals surface area (Å²) in [4.78, 5) is 0. The summed E-state index contributed by atoms with van der Waals surface area (Å²) < 4.78 is 0. The number of hydrazone groups is 1. The molecule has 0 unspecified atom stereocenters. The van der Waals surface area contributed by atoms with E-state index in [-0.39, 0.29) is 0 Å². The molecule has 0 saturated carbocycles. The lowest BCUT2D eigenvalue weighted by Crippen LogP contribution is -1.98. The molecule has 50 valence electrons. The van der Waals surface area contributed by atoms with Gasteiger partial charge in [0.2, 0.25) is 0 Å². The molecule has 1 N–H and O–H groups in total. The Labute approximate surface area is 59.4 Å². The van der Waals surface area contributed by atoms with Gasteiger partial charge in [0.15, 0.2) is 0 Å². The van der Waals surface area contributed by atoms with Crippen LogP contribution in [0.4, 0.5) is 0 Å². The lowest BCUT2D eigenvalue weighted by Gasteiger charge is -1.97. The average molecular weight is 142 g/mol. The molecule has 0 bridgehead atoms. The van der Waals surface area contributed by atoms with E-state index in [9.17, 15) is 0 Å². The molecule has 0 fully saturated rings. The summed E-state index contributed by atoms with van der Waals surface area (Å²) in [6.45, 7) is 7.96. The summed E-state index contributed by atoms with van der Waals surface area (Å²) in [6, 6.07) is 0. The molecule has 0 atom stereocenters. The minimum atomic E-state index is 0.516. The second kappa shape index (κ2) is 2.43. The third-order valence-electron chi connectivity index (χ3n) is 1.01. The number of nitrogens with zero attached hydrogens (tertiary/aromatic N) is 1. The third kappa shape index (κ3) is 1.48. The van der Waals surface area contributed by atoms with Crippen LogP contribution in [-0.4, -0.2) is 5.04 Å². The van der Waals surface area contributed by atoms with E-state index in [1.807, 2.05) is 0 Å². The Hall–Kier alpha value is -0.440. The lowest BCUT2D eigenvalue weighted by molar-refractivity contribution is 0.872. The van der Waals surface area contributed by atoms with E-state index in [1.165, 1.54) is 0 Å². The zero-order valence-electron chi connectivity index (χ0n) is 5.64. The Bertz CT molecular complexity index is 160. The molecule has 0 aromatic heterocycles. The molecule has 0 aliphatic carbocycles. The normalized spacial score (nSPS) is 18.1. The Kier molecular flexibility index (Phi) is 1.81. The molecule has 3 heteroatoms. The third-order valence-corrected chi connectivity index (χ3v) is 2.12. The highest BCUT2D eigenvalue weighted by molar-refractivity contribution is 8.17. The molecular formula is C6H10N2S. The SMILES string of the molecule is C=C1NN=C(C(C)C)S1. The monoisotopic (exact) mass is 142 g/mol. The van der Waals surface area contributed by atoms with Crippen molar-refractivity contribution in [1.82, 2.24) is 5.43 Å². The number of hydrogen-bond acceptors (Lipinski definition) is 3. The van der Waals surface area contributed by atoms with E-state index in [4.69, 9.17) is 0 Å². The van der Waals surface area contributed by atoms with Crippen LogP contribution in [-0.2, 0) is 0 Å². The van der Waals surface area contributed by atoms with Gasteiger partial charge in [0, 0.05) is 5.92 Å². The van der Waals surface area contributed by atoms with E-state index < -0.39 is 0 Å². The van der Waals surface area contributed by atoms with Crippen molar-refractivity contribution in [2.45, 2.75) is 13.8 Å². The van der Waals surface area contributed by atoms with Crippen LogP contribution in [0.15, 0.2) is 16.7 Å². The van der Waals surface area contributed by atoms with Crippen molar-refractivity contribution in [3.05, 3.63) is 11.6 Å². The second-order valence-electron chi connectivity index (χ2n) is 2.24. The van der Waals surface area contributed by atoms with Gasteiger partial charge >= 0.3 is 0 Å². The van der Waals surface area contributed by atoms with Gasteiger partial charge < -0.3 is 0 Å². The highest BCUT2D eigenvalue weighted by atomic mass is 32.2. The molecule has 0 amide bonds. The first kappa shape index (κ1) is 6.68. The highest BCUT2D eigenvalue weighted by Crippen LogP contribution is 2.23. The maximum atomic E-state index is 4.05. The zero-order chi connectivity index (χ0) is 6.85. The summed E-state index contributed by atoms with van der Waals surface area (Å²) in [6.07, 6.45) is 0. The van der Waals surface area contributed by atoms with E-state index in [2.05, 4.69) is 31.0 Å². The summed E-state index contributed by atoms with van der Waals surface area (Å²) in [5.41, 5.74) is 2.81. The summed E-state index contributed by atoms with van der Waals surface area (Å²) in [5, 5.41) is 6.10. The van der Waals surface area contributed by atoms with Crippen molar-refractivity contribution >= 4 is 16.8 Å². The van der Waals surface area contributed by atoms with Crippen LogP contribution in [0.25, 0.3) is 0 Å². The molecule has 0 spiro atoms. The molecule has 1 aliphatic heterocycles. The fourth-order valence-corrected chi connectivity index (χ4v) is 1.21. The van der Waals surface area contributed by atoms with E-state index >= 15 is 0 Å². The predicted octanol–water partition coefficient (Wildman–Crippen LogP) is 1.76. The molecule has 1 rings (SSSR count). The fourth-order valence-electron chi connectivity index (χ4n) is 0.536. The Morgan fingerprint density at radius 1 is 1.67 bits per heavy atom. The molecular weight excluding hydrogens is 132 g/mol. The molecule has 0 saturated heterocycles. The summed E-state index contributed by atoms with van der Waals surface area (Å²) >= 11 is 1.62. The second-order valence-corrected chi connectivity index (χ2v) is 3.36. The fraction of sp³-hybridized carbons (Fsp3) is 0.500.